The Morgan fingerprint density at radius 2 is 2.16 bits per heavy atom. The van der Waals surface area contributed by atoms with Gasteiger partial charge in [0.05, 0.1) is 0 Å². The van der Waals surface area contributed by atoms with Gasteiger partial charge in [-0.25, -0.2) is 0 Å². The third kappa shape index (κ3) is 4.50. The Kier molecular flexibility index (Phi) is 4.91. The molecule has 0 bridgehead atoms. The van der Waals surface area contributed by atoms with E-state index in [0.717, 1.165) is 19.0 Å². The second-order valence-electron chi connectivity index (χ2n) is 7.03. The molecule has 1 N–H and O–H groups in total. The SMILES string of the molecule is CCC1CC(NCC(C)(C)C)CN(c2ccsc2)C1. The van der Waals surface area contributed by atoms with Gasteiger partial charge in [0.25, 0.3) is 0 Å². The van der Waals surface area contributed by atoms with Gasteiger partial charge in [0, 0.05) is 36.7 Å². The predicted octanol–water partition coefficient (Wildman–Crippen LogP) is 3.99. The molecular weight excluding hydrogens is 252 g/mol. The molecule has 1 aromatic heterocycles. The molecule has 2 heterocycles. The van der Waals surface area contributed by atoms with Crippen molar-refractivity contribution in [2.75, 3.05) is 24.5 Å². The molecule has 0 aliphatic carbocycles. The maximum atomic E-state index is 3.78. The zero-order valence-electron chi connectivity index (χ0n) is 12.8. The number of hydrogen-bond donors (Lipinski definition) is 1. The van der Waals surface area contributed by atoms with Gasteiger partial charge < -0.3 is 10.2 Å². The molecule has 2 unspecified atom stereocenters. The number of nitrogens with one attached hydrogen (secondary N) is 1. The topological polar surface area (TPSA) is 15.3 Å². The van der Waals surface area contributed by atoms with Crippen molar-refractivity contribution in [2.24, 2.45) is 11.3 Å². The van der Waals surface area contributed by atoms with Gasteiger partial charge in [0.1, 0.15) is 0 Å². The van der Waals surface area contributed by atoms with E-state index in [4.69, 9.17) is 0 Å². The van der Waals surface area contributed by atoms with Crippen molar-refractivity contribution < 1.29 is 0 Å². The largest absolute Gasteiger partial charge is 0.369 e. The average Bonchev–Trinajstić information content (AvgIpc) is 2.89. The molecule has 1 fully saturated rings. The summed E-state index contributed by atoms with van der Waals surface area (Å²) in [6, 6.07) is 2.89. The minimum absolute atomic E-state index is 0.367. The second kappa shape index (κ2) is 6.27. The summed E-state index contributed by atoms with van der Waals surface area (Å²) >= 11 is 1.80. The van der Waals surface area contributed by atoms with Crippen molar-refractivity contribution in [3.8, 4) is 0 Å². The van der Waals surface area contributed by atoms with Crippen LogP contribution in [0.25, 0.3) is 0 Å². The quantitative estimate of drug-likeness (QED) is 0.897. The third-order valence-electron chi connectivity index (χ3n) is 3.91. The minimum atomic E-state index is 0.367. The molecule has 3 heteroatoms. The van der Waals surface area contributed by atoms with E-state index in [1.165, 1.54) is 25.1 Å². The zero-order valence-corrected chi connectivity index (χ0v) is 13.6. The number of anilines is 1. The Morgan fingerprint density at radius 1 is 1.37 bits per heavy atom. The summed E-state index contributed by atoms with van der Waals surface area (Å²) in [4.78, 5) is 2.56. The molecule has 2 atom stereocenters. The van der Waals surface area contributed by atoms with Crippen molar-refractivity contribution in [3.05, 3.63) is 16.8 Å². The van der Waals surface area contributed by atoms with Crippen LogP contribution in [0.2, 0.25) is 0 Å². The lowest BCUT2D eigenvalue weighted by Gasteiger charge is -2.39. The van der Waals surface area contributed by atoms with Crippen LogP contribution >= 0.6 is 11.3 Å². The molecule has 1 saturated heterocycles. The van der Waals surface area contributed by atoms with Gasteiger partial charge >= 0.3 is 0 Å². The lowest BCUT2D eigenvalue weighted by atomic mass is 9.90. The number of rotatable bonds is 4. The first-order chi connectivity index (χ1) is 8.98. The van der Waals surface area contributed by atoms with E-state index in [1.807, 2.05) is 0 Å². The van der Waals surface area contributed by atoms with Gasteiger partial charge in [-0.3, -0.25) is 0 Å². The Bertz CT molecular complexity index is 367. The lowest BCUT2D eigenvalue weighted by molar-refractivity contribution is 0.287. The van der Waals surface area contributed by atoms with Gasteiger partial charge in [-0.05, 0) is 29.2 Å². The van der Waals surface area contributed by atoms with Crippen LogP contribution in [0.15, 0.2) is 16.8 Å². The molecule has 2 rings (SSSR count). The van der Waals surface area contributed by atoms with Crippen LogP contribution in [-0.2, 0) is 0 Å². The van der Waals surface area contributed by atoms with Gasteiger partial charge in [-0.15, -0.1) is 0 Å². The summed E-state index contributed by atoms with van der Waals surface area (Å²) in [7, 11) is 0. The van der Waals surface area contributed by atoms with Crippen LogP contribution in [0.4, 0.5) is 5.69 Å². The van der Waals surface area contributed by atoms with E-state index in [9.17, 15) is 0 Å². The van der Waals surface area contributed by atoms with Crippen molar-refractivity contribution >= 4 is 17.0 Å². The minimum Gasteiger partial charge on any atom is -0.369 e. The normalized spacial score (nSPS) is 24.7. The van der Waals surface area contributed by atoms with E-state index < -0.39 is 0 Å². The predicted molar refractivity (Wildman–Crippen MR) is 86.2 cm³/mol. The summed E-state index contributed by atoms with van der Waals surface area (Å²) < 4.78 is 0. The molecule has 108 valence electrons. The highest BCUT2D eigenvalue weighted by molar-refractivity contribution is 7.08. The third-order valence-corrected chi connectivity index (χ3v) is 4.58. The molecule has 1 aromatic rings. The molecule has 0 amide bonds. The fourth-order valence-electron chi connectivity index (χ4n) is 2.75. The van der Waals surface area contributed by atoms with E-state index in [0.29, 0.717) is 11.5 Å². The molecule has 1 aliphatic rings. The number of piperidine rings is 1. The molecule has 0 saturated carbocycles. The maximum absolute atomic E-state index is 3.78. The Morgan fingerprint density at radius 3 is 2.74 bits per heavy atom. The Hall–Kier alpha value is -0.540. The summed E-state index contributed by atoms with van der Waals surface area (Å²) in [5, 5.41) is 8.24. The fraction of sp³-hybridized carbons (Fsp3) is 0.750. The standard InChI is InChI=1S/C16H28N2S/c1-5-13-8-14(17-12-16(2,3)4)10-18(9-13)15-6-7-19-11-15/h6-7,11,13-14,17H,5,8-10,12H2,1-4H3. The molecule has 1 aliphatic heterocycles. The number of nitrogens with zero attached hydrogens (tertiary/aromatic N) is 1. The van der Waals surface area contributed by atoms with Crippen LogP contribution in [0, 0.1) is 11.3 Å². The smallest absolute Gasteiger partial charge is 0.0475 e. The van der Waals surface area contributed by atoms with Crippen molar-refractivity contribution in [3.63, 3.8) is 0 Å². The van der Waals surface area contributed by atoms with Crippen LogP contribution in [0.5, 0.6) is 0 Å². The highest BCUT2D eigenvalue weighted by Gasteiger charge is 2.27. The Labute approximate surface area is 122 Å². The maximum Gasteiger partial charge on any atom is 0.0475 e. The fourth-order valence-corrected chi connectivity index (χ4v) is 3.41. The number of hydrogen-bond acceptors (Lipinski definition) is 3. The summed E-state index contributed by atoms with van der Waals surface area (Å²) in [5.74, 6) is 0.825. The molecule has 0 spiro atoms. The van der Waals surface area contributed by atoms with Gasteiger partial charge in [0.2, 0.25) is 0 Å². The monoisotopic (exact) mass is 280 g/mol. The van der Waals surface area contributed by atoms with Gasteiger partial charge in [-0.1, -0.05) is 34.1 Å². The first kappa shape index (κ1) is 14.9. The van der Waals surface area contributed by atoms with Crippen LogP contribution < -0.4 is 10.2 Å². The molecule has 2 nitrogen and oxygen atoms in total. The Balaban J connectivity index is 1.96. The van der Waals surface area contributed by atoms with Gasteiger partial charge in [-0.2, -0.15) is 11.3 Å². The molecule has 0 radical (unpaired) electrons. The average molecular weight is 280 g/mol. The van der Waals surface area contributed by atoms with Crippen molar-refractivity contribution in [1.82, 2.24) is 5.32 Å². The highest BCUT2D eigenvalue weighted by Crippen LogP contribution is 2.27. The summed E-state index contributed by atoms with van der Waals surface area (Å²) in [5.41, 5.74) is 1.78. The summed E-state index contributed by atoms with van der Waals surface area (Å²) in [6.45, 7) is 12.7. The highest BCUT2D eigenvalue weighted by atomic mass is 32.1. The molecule has 19 heavy (non-hydrogen) atoms. The molecule has 0 aromatic carbocycles. The summed E-state index contributed by atoms with van der Waals surface area (Å²) in [6.07, 6.45) is 2.61. The second-order valence-corrected chi connectivity index (χ2v) is 7.82. The number of thiophene rings is 1. The van der Waals surface area contributed by atoms with Gasteiger partial charge in [0.15, 0.2) is 0 Å². The van der Waals surface area contributed by atoms with Crippen LogP contribution in [-0.4, -0.2) is 25.7 Å². The van der Waals surface area contributed by atoms with E-state index in [1.54, 1.807) is 11.3 Å². The van der Waals surface area contributed by atoms with E-state index >= 15 is 0 Å². The zero-order chi connectivity index (χ0) is 13.9. The van der Waals surface area contributed by atoms with Crippen LogP contribution in [0.3, 0.4) is 0 Å². The van der Waals surface area contributed by atoms with Crippen molar-refractivity contribution in [1.29, 1.82) is 0 Å². The molecular formula is C16H28N2S. The van der Waals surface area contributed by atoms with Crippen molar-refractivity contribution in [2.45, 2.75) is 46.6 Å². The van der Waals surface area contributed by atoms with Crippen LogP contribution in [0.1, 0.15) is 40.5 Å². The first-order valence-electron chi connectivity index (χ1n) is 7.48. The lowest BCUT2D eigenvalue weighted by Crippen LogP contribution is -2.50. The van der Waals surface area contributed by atoms with E-state index in [-0.39, 0.29) is 0 Å². The van der Waals surface area contributed by atoms with E-state index in [2.05, 4.69) is 54.7 Å². The first-order valence-corrected chi connectivity index (χ1v) is 8.43.